The van der Waals surface area contributed by atoms with Gasteiger partial charge in [-0.2, -0.15) is 4.31 Å². The fraction of sp³-hybridized carbons (Fsp3) is 0.571. The minimum absolute atomic E-state index is 0. The van der Waals surface area contributed by atoms with Crippen LogP contribution in [0.25, 0.3) is 0 Å². The van der Waals surface area contributed by atoms with Crippen molar-refractivity contribution >= 4 is 22.4 Å². The summed E-state index contributed by atoms with van der Waals surface area (Å²) < 4.78 is 26.8. The molecule has 4 nitrogen and oxygen atoms in total. The molecule has 0 spiro atoms. The zero-order valence-electron chi connectivity index (χ0n) is 12.0. The SMILES string of the molecule is CCc1ccc(S(=O)(=O)N2CC(CN)CC2C)cc1.Cl. The first-order valence-corrected chi connectivity index (χ1v) is 8.24. The summed E-state index contributed by atoms with van der Waals surface area (Å²) in [4.78, 5) is 0.384. The Kier molecular flexibility index (Phi) is 6.01. The smallest absolute Gasteiger partial charge is 0.243 e. The minimum atomic E-state index is -3.38. The Morgan fingerprint density at radius 1 is 1.30 bits per heavy atom. The molecule has 1 aromatic rings. The van der Waals surface area contributed by atoms with Crippen LogP contribution in [0.15, 0.2) is 29.2 Å². The van der Waals surface area contributed by atoms with Crippen molar-refractivity contribution in [2.75, 3.05) is 13.1 Å². The van der Waals surface area contributed by atoms with E-state index in [0.717, 1.165) is 18.4 Å². The quantitative estimate of drug-likeness (QED) is 0.924. The van der Waals surface area contributed by atoms with Crippen molar-refractivity contribution in [2.24, 2.45) is 11.7 Å². The second-order valence-electron chi connectivity index (χ2n) is 5.26. The highest BCUT2D eigenvalue weighted by Gasteiger charge is 2.37. The number of hydrogen-bond acceptors (Lipinski definition) is 3. The third kappa shape index (κ3) is 3.34. The topological polar surface area (TPSA) is 63.4 Å². The molecule has 0 bridgehead atoms. The highest BCUT2D eigenvalue weighted by atomic mass is 35.5. The summed E-state index contributed by atoms with van der Waals surface area (Å²) in [6, 6.07) is 7.21. The predicted molar refractivity (Wildman–Crippen MR) is 83.6 cm³/mol. The lowest BCUT2D eigenvalue weighted by molar-refractivity contribution is 0.404. The van der Waals surface area contributed by atoms with Crippen LogP contribution in [0.1, 0.15) is 25.8 Å². The fourth-order valence-corrected chi connectivity index (χ4v) is 4.36. The third-order valence-corrected chi connectivity index (χ3v) is 5.87. The maximum Gasteiger partial charge on any atom is 0.243 e. The molecule has 1 heterocycles. The van der Waals surface area contributed by atoms with E-state index in [-0.39, 0.29) is 24.4 Å². The number of hydrogen-bond donors (Lipinski definition) is 1. The van der Waals surface area contributed by atoms with E-state index in [0.29, 0.717) is 18.0 Å². The number of rotatable bonds is 4. The average molecular weight is 319 g/mol. The number of benzene rings is 1. The van der Waals surface area contributed by atoms with Crippen LogP contribution in [-0.2, 0) is 16.4 Å². The van der Waals surface area contributed by atoms with E-state index >= 15 is 0 Å². The number of aryl methyl sites for hydroxylation is 1. The maximum absolute atomic E-state index is 12.6. The summed E-state index contributed by atoms with van der Waals surface area (Å²) in [5.41, 5.74) is 6.80. The van der Waals surface area contributed by atoms with Gasteiger partial charge in [0, 0.05) is 12.6 Å². The zero-order chi connectivity index (χ0) is 14.0. The normalized spacial score (nSPS) is 23.6. The Morgan fingerprint density at radius 2 is 1.90 bits per heavy atom. The van der Waals surface area contributed by atoms with Gasteiger partial charge in [-0.05, 0) is 49.9 Å². The Balaban J connectivity index is 0.00000200. The first kappa shape index (κ1) is 17.4. The lowest BCUT2D eigenvalue weighted by atomic mass is 10.1. The summed E-state index contributed by atoms with van der Waals surface area (Å²) >= 11 is 0. The first-order valence-electron chi connectivity index (χ1n) is 6.80. The number of sulfonamides is 1. The maximum atomic E-state index is 12.6. The molecular weight excluding hydrogens is 296 g/mol. The zero-order valence-corrected chi connectivity index (χ0v) is 13.6. The molecule has 114 valence electrons. The molecule has 1 aliphatic heterocycles. The van der Waals surface area contributed by atoms with Crippen molar-refractivity contribution in [3.8, 4) is 0 Å². The van der Waals surface area contributed by atoms with Crippen molar-refractivity contribution in [1.29, 1.82) is 0 Å². The van der Waals surface area contributed by atoms with Gasteiger partial charge < -0.3 is 5.73 Å². The van der Waals surface area contributed by atoms with Crippen LogP contribution < -0.4 is 5.73 Å². The monoisotopic (exact) mass is 318 g/mol. The molecule has 1 aromatic carbocycles. The van der Waals surface area contributed by atoms with E-state index < -0.39 is 10.0 Å². The van der Waals surface area contributed by atoms with E-state index in [4.69, 9.17) is 5.73 Å². The van der Waals surface area contributed by atoms with Gasteiger partial charge in [-0.1, -0.05) is 19.1 Å². The molecule has 6 heteroatoms. The van der Waals surface area contributed by atoms with Gasteiger partial charge in [-0.3, -0.25) is 0 Å². The largest absolute Gasteiger partial charge is 0.330 e. The van der Waals surface area contributed by atoms with Crippen molar-refractivity contribution < 1.29 is 8.42 Å². The van der Waals surface area contributed by atoms with Gasteiger partial charge in [0.25, 0.3) is 0 Å². The molecule has 0 saturated carbocycles. The van der Waals surface area contributed by atoms with E-state index in [1.807, 2.05) is 19.1 Å². The molecule has 1 fully saturated rings. The van der Waals surface area contributed by atoms with Crippen molar-refractivity contribution in [3.05, 3.63) is 29.8 Å². The number of nitrogens with two attached hydrogens (primary N) is 1. The molecule has 0 aromatic heterocycles. The predicted octanol–water partition coefficient (Wildman–Crippen LogP) is 2.03. The lowest BCUT2D eigenvalue weighted by Gasteiger charge is -2.21. The van der Waals surface area contributed by atoms with Gasteiger partial charge in [0.15, 0.2) is 0 Å². The molecule has 1 saturated heterocycles. The summed E-state index contributed by atoms with van der Waals surface area (Å²) in [6.07, 6.45) is 1.76. The second-order valence-corrected chi connectivity index (χ2v) is 7.15. The first-order chi connectivity index (χ1) is 8.98. The summed E-state index contributed by atoms with van der Waals surface area (Å²) in [7, 11) is -3.38. The lowest BCUT2D eigenvalue weighted by Crippen LogP contribution is -2.34. The number of nitrogens with zero attached hydrogens (tertiary/aromatic N) is 1. The molecule has 2 atom stereocenters. The van der Waals surface area contributed by atoms with Crippen molar-refractivity contribution in [2.45, 2.75) is 37.6 Å². The van der Waals surface area contributed by atoms with Gasteiger partial charge in [0.05, 0.1) is 4.90 Å². The fourth-order valence-electron chi connectivity index (χ4n) is 2.65. The van der Waals surface area contributed by atoms with Gasteiger partial charge in [-0.15, -0.1) is 12.4 Å². The van der Waals surface area contributed by atoms with E-state index in [1.165, 1.54) is 0 Å². The highest BCUT2D eigenvalue weighted by molar-refractivity contribution is 7.89. The standard InChI is InChI=1S/C14H22N2O2S.ClH/c1-3-12-4-6-14(7-5-12)19(17,18)16-10-13(9-15)8-11(16)2;/h4-7,11,13H,3,8-10,15H2,1-2H3;1H. The van der Waals surface area contributed by atoms with Crippen LogP contribution in [0.5, 0.6) is 0 Å². The van der Waals surface area contributed by atoms with E-state index in [2.05, 4.69) is 6.92 Å². The molecule has 1 aliphatic rings. The molecule has 2 rings (SSSR count). The van der Waals surface area contributed by atoms with Gasteiger partial charge in [-0.25, -0.2) is 8.42 Å². The number of halogens is 1. The molecular formula is C14H23ClN2O2S. The van der Waals surface area contributed by atoms with Crippen LogP contribution in [0, 0.1) is 5.92 Å². The highest BCUT2D eigenvalue weighted by Crippen LogP contribution is 2.28. The van der Waals surface area contributed by atoms with Crippen LogP contribution in [0.3, 0.4) is 0 Å². The van der Waals surface area contributed by atoms with Crippen molar-refractivity contribution in [3.63, 3.8) is 0 Å². The molecule has 0 aliphatic carbocycles. The summed E-state index contributed by atoms with van der Waals surface area (Å²) in [5, 5.41) is 0. The Hall–Kier alpha value is -0.620. The molecule has 2 N–H and O–H groups in total. The Morgan fingerprint density at radius 3 is 2.35 bits per heavy atom. The second kappa shape index (κ2) is 6.89. The van der Waals surface area contributed by atoms with Gasteiger partial charge in [0.2, 0.25) is 10.0 Å². The summed E-state index contributed by atoms with van der Waals surface area (Å²) in [6.45, 7) is 5.09. The Labute approximate surface area is 127 Å². The van der Waals surface area contributed by atoms with Gasteiger partial charge in [0.1, 0.15) is 0 Å². The summed E-state index contributed by atoms with van der Waals surface area (Å²) in [5.74, 6) is 0.277. The molecule has 0 amide bonds. The molecule has 0 radical (unpaired) electrons. The third-order valence-electron chi connectivity index (χ3n) is 3.88. The van der Waals surface area contributed by atoms with Crippen LogP contribution in [-0.4, -0.2) is 31.9 Å². The van der Waals surface area contributed by atoms with Crippen molar-refractivity contribution in [1.82, 2.24) is 4.31 Å². The van der Waals surface area contributed by atoms with E-state index in [9.17, 15) is 8.42 Å². The minimum Gasteiger partial charge on any atom is -0.330 e. The van der Waals surface area contributed by atoms with Crippen LogP contribution >= 0.6 is 12.4 Å². The van der Waals surface area contributed by atoms with E-state index in [1.54, 1.807) is 16.4 Å². The van der Waals surface area contributed by atoms with Crippen LogP contribution in [0.2, 0.25) is 0 Å². The van der Waals surface area contributed by atoms with Crippen LogP contribution in [0.4, 0.5) is 0 Å². The molecule has 2 unspecified atom stereocenters. The van der Waals surface area contributed by atoms with Gasteiger partial charge >= 0.3 is 0 Å². The average Bonchev–Trinajstić information content (AvgIpc) is 2.81. The molecule has 20 heavy (non-hydrogen) atoms. The Bertz CT molecular complexity index is 531.